The summed E-state index contributed by atoms with van der Waals surface area (Å²) < 4.78 is 1.76. The fourth-order valence-electron chi connectivity index (χ4n) is 3.24. The van der Waals surface area contributed by atoms with Gasteiger partial charge in [-0.25, -0.2) is 4.99 Å². The first-order chi connectivity index (χ1) is 11.7. The lowest BCUT2D eigenvalue weighted by atomic mass is 10.0. The van der Waals surface area contributed by atoms with E-state index in [0.717, 1.165) is 16.1 Å². The van der Waals surface area contributed by atoms with Crippen LogP contribution < -0.4 is 10.6 Å². The highest BCUT2D eigenvalue weighted by molar-refractivity contribution is 6.24. The van der Waals surface area contributed by atoms with Crippen LogP contribution in [0.4, 0.5) is 0 Å². The van der Waals surface area contributed by atoms with Gasteiger partial charge in [0.2, 0.25) is 0 Å². The molecular weight excluding hydrogens is 300 g/mol. The molecule has 4 nitrogen and oxygen atoms in total. The average molecular weight is 314 g/mol. The van der Waals surface area contributed by atoms with E-state index >= 15 is 0 Å². The zero-order valence-corrected chi connectivity index (χ0v) is 12.9. The van der Waals surface area contributed by atoms with Crippen LogP contribution in [0.25, 0.3) is 16.5 Å². The third-order valence-corrected chi connectivity index (χ3v) is 4.28. The van der Waals surface area contributed by atoms with Gasteiger partial charge in [-0.3, -0.25) is 4.79 Å². The van der Waals surface area contributed by atoms with Gasteiger partial charge in [0.05, 0.1) is 22.0 Å². The Labute approximate surface area is 138 Å². The second kappa shape index (κ2) is 5.39. The zero-order valence-electron chi connectivity index (χ0n) is 12.9. The van der Waals surface area contributed by atoms with Crippen molar-refractivity contribution < 1.29 is 9.90 Å². The van der Waals surface area contributed by atoms with E-state index in [0.29, 0.717) is 29.5 Å². The van der Waals surface area contributed by atoms with Gasteiger partial charge in [0.15, 0.2) is 5.88 Å². The standard InChI is InChI=1S/C20H14N2O2/c1-2-3-12-22-16-11-7-5-9-14(16)18(20(22)24)17-13-8-4-6-10-15(13)21-19(17)23/h1,4-11,24H,3,12H2. The van der Waals surface area contributed by atoms with E-state index in [4.69, 9.17) is 6.42 Å². The minimum atomic E-state index is -0.327. The van der Waals surface area contributed by atoms with Crippen LogP contribution in [-0.4, -0.2) is 15.6 Å². The lowest BCUT2D eigenvalue weighted by Crippen LogP contribution is -2.22. The van der Waals surface area contributed by atoms with E-state index in [1.165, 1.54) is 0 Å². The molecule has 24 heavy (non-hydrogen) atoms. The van der Waals surface area contributed by atoms with Crippen LogP contribution in [0.5, 0.6) is 5.88 Å². The quantitative estimate of drug-likeness (QED) is 0.749. The van der Waals surface area contributed by atoms with Crippen molar-refractivity contribution in [2.75, 3.05) is 0 Å². The lowest BCUT2D eigenvalue weighted by Gasteiger charge is -2.04. The maximum absolute atomic E-state index is 12.5. The summed E-state index contributed by atoms with van der Waals surface area (Å²) in [6, 6.07) is 15.0. The van der Waals surface area contributed by atoms with Crippen LogP contribution in [-0.2, 0) is 11.3 Å². The minimum Gasteiger partial charge on any atom is -0.494 e. The third kappa shape index (κ3) is 1.95. The Bertz CT molecular complexity index is 1150. The summed E-state index contributed by atoms with van der Waals surface area (Å²) in [5, 5.41) is 13.0. The molecule has 0 unspecified atom stereocenters. The number of fused-ring (bicyclic) bond motifs is 2. The van der Waals surface area contributed by atoms with Gasteiger partial charge in [-0.15, -0.1) is 12.3 Å². The van der Waals surface area contributed by atoms with Gasteiger partial charge in [-0.1, -0.05) is 36.4 Å². The van der Waals surface area contributed by atoms with E-state index in [2.05, 4.69) is 10.9 Å². The van der Waals surface area contributed by atoms with Crippen LogP contribution >= 0.6 is 0 Å². The highest BCUT2D eigenvalue weighted by Gasteiger charge is 2.26. The lowest BCUT2D eigenvalue weighted by molar-refractivity contribution is -0.112. The molecule has 4 rings (SSSR count). The largest absolute Gasteiger partial charge is 0.494 e. The number of aromatic nitrogens is 1. The SMILES string of the molecule is C#CCCn1c(O)c(C2=c3ccccc3=NC2=O)c2ccccc21. The molecule has 0 fully saturated rings. The summed E-state index contributed by atoms with van der Waals surface area (Å²) in [6.07, 6.45) is 5.86. The van der Waals surface area contributed by atoms with Crippen molar-refractivity contribution in [1.82, 2.24) is 4.57 Å². The van der Waals surface area contributed by atoms with Gasteiger partial charge in [-0.05, 0) is 12.1 Å². The van der Waals surface area contributed by atoms with Crippen molar-refractivity contribution in [3.63, 3.8) is 0 Å². The Morgan fingerprint density at radius 2 is 1.88 bits per heavy atom. The van der Waals surface area contributed by atoms with Gasteiger partial charge >= 0.3 is 0 Å². The number of carbonyl (C=O) groups excluding carboxylic acids is 1. The molecule has 1 aliphatic rings. The Kier molecular flexibility index (Phi) is 3.21. The molecule has 0 spiro atoms. The fourth-order valence-corrected chi connectivity index (χ4v) is 3.24. The first-order valence-electron chi connectivity index (χ1n) is 7.69. The Morgan fingerprint density at radius 1 is 1.12 bits per heavy atom. The van der Waals surface area contributed by atoms with Gasteiger partial charge in [0, 0.05) is 23.6 Å². The van der Waals surface area contributed by atoms with Gasteiger partial charge in [0.25, 0.3) is 5.91 Å². The molecule has 0 radical (unpaired) electrons. The number of carbonyl (C=O) groups is 1. The number of amides is 1. The molecule has 2 aromatic carbocycles. The highest BCUT2D eigenvalue weighted by Crippen LogP contribution is 2.36. The Morgan fingerprint density at radius 3 is 2.71 bits per heavy atom. The Balaban J connectivity index is 2.10. The van der Waals surface area contributed by atoms with Crippen molar-refractivity contribution in [3.8, 4) is 18.2 Å². The van der Waals surface area contributed by atoms with E-state index in [9.17, 15) is 9.90 Å². The molecule has 1 amide bonds. The van der Waals surface area contributed by atoms with Crippen molar-refractivity contribution >= 4 is 22.4 Å². The second-order valence-electron chi connectivity index (χ2n) is 5.63. The number of rotatable bonds is 3. The number of aromatic hydroxyl groups is 1. The van der Waals surface area contributed by atoms with Crippen LogP contribution in [0.15, 0.2) is 53.5 Å². The molecule has 1 aliphatic heterocycles. The normalized spacial score (nSPS) is 13.0. The topological polar surface area (TPSA) is 54.6 Å². The van der Waals surface area contributed by atoms with Crippen molar-refractivity contribution in [3.05, 3.63) is 64.7 Å². The summed E-state index contributed by atoms with van der Waals surface area (Å²) in [7, 11) is 0. The van der Waals surface area contributed by atoms with Crippen molar-refractivity contribution in [1.29, 1.82) is 0 Å². The fraction of sp³-hybridized carbons (Fsp3) is 0.100. The van der Waals surface area contributed by atoms with Crippen LogP contribution in [0, 0.1) is 12.3 Å². The number of terminal acetylenes is 1. The summed E-state index contributed by atoms with van der Waals surface area (Å²) in [6.45, 7) is 0.489. The number of hydrogen-bond acceptors (Lipinski definition) is 2. The first-order valence-corrected chi connectivity index (χ1v) is 7.69. The highest BCUT2D eigenvalue weighted by atomic mass is 16.3. The molecule has 1 N–H and O–H groups in total. The molecule has 0 saturated carbocycles. The molecule has 4 heteroatoms. The first kappa shape index (κ1) is 14.3. The third-order valence-electron chi connectivity index (χ3n) is 4.28. The molecule has 0 bridgehead atoms. The zero-order chi connectivity index (χ0) is 16.7. The van der Waals surface area contributed by atoms with Crippen molar-refractivity contribution in [2.45, 2.75) is 13.0 Å². The van der Waals surface area contributed by atoms with E-state index in [-0.39, 0.29) is 11.8 Å². The summed E-state index contributed by atoms with van der Waals surface area (Å²) in [5.41, 5.74) is 1.82. The van der Waals surface area contributed by atoms with Crippen LogP contribution in [0.2, 0.25) is 0 Å². The number of para-hydroxylation sites is 2. The summed E-state index contributed by atoms with van der Waals surface area (Å²) in [4.78, 5) is 16.6. The van der Waals surface area contributed by atoms with Gasteiger partial charge < -0.3 is 9.67 Å². The number of benzene rings is 2. The van der Waals surface area contributed by atoms with E-state index < -0.39 is 0 Å². The van der Waals surface area contributed by atoms with Crippen LogP contribution in [0.1, 0.15) is 12.0 Å². The number of nitrogens with zero attached hydrogens (tertiary/aromatic N) is 2. The molecule has 0 aliphatic carbocycles. The predicted octanol–water partition coefficient (Wildman–Crippen LogP) is 1.73. The minimum absolute atomic E-state index is 0.0571. The van der Waals surface area contributed by atoms with E-state index in [1.807, 2.05) is 42.5 Å². The molecule has 2 heterocycles. The van der Waals surface area contributed by atoms with Crippen LogP contribution in [0.3, 0.4) is 0 Å². The van der Waals surface area contributed by atoms with Gasteiger partial charge in [0.1, 0.15) is 0 Å². The predicted molar refractivity (Wildman–Crippen MR) is 91.8 cm³/mol. The smallest absolute Gasteiger partial charge is 0.279 e. The molecule has 1 aromatic heterocycles. The molecule has 0 saturated heterocycles. The average Bonchev–Trinajstić information content (AvgIpc) is 3.06. The second-order valence-corrected chi connectivity index (χ2v) is 5.63. The monoisotopic (exact) mass is 314 g/mol. The van der Waals surface area contributed by atoms with Gasteiger partial charge in [-0.2, -0.15) is 0 Å². The van der Waals surface area contributed by atoms with E-state index in [1.54, 1.807) is 10.6 Å². The van der Waals surface area contributed by atoms with Crippen molar-refractivity contribution in [2.24, 2.45) is 4.99 Å². The summed E-state index contributed by atoms with van der Waals surface area (Å²) in [5.74, 6) is 2.32. The molecule has 116 valence electrons. The molecular formula is C20H14N2O2. The maximum atomic E-state index is 12.5. The molecule has 3 aromatic rings. The maximum Gasteiger partial charge on any atom is 0.279 e. The Hall–Kier alpha value is -3.32. The summed E-state index contributed by atoms with van der Waals surface area (Å²) >= 11 is 0. The number of hydrogen-bond donors (Lipinski definition) is 1. The molecule has 0 atom stereocenters. The number of aryl methyl sites for hydroxylation is 1.